The van der Waals surface area contributed by atoms with Crippen molar-refractivity contribution in [1.82, 2.24) is 0 Å². The van der Waals surface area contributed by atoms with Gasteiger partial charge in [-0.1, -0.05) is 36.4 Å². The van der Waals surface area contributed by atoms with E-state index in [1.54, 1.807) is 0 Å². The number of para-hydroxylation sites is 2. The molecule has 2 aromatic carbocycles. The summed E-state index contributed by atoms with van der Waals surface area (Å²) in [7, 11) is 0. The number of rotatable bonds is 2. The van der Waals surface area contributed by atoms with Crippen LogP contribution >= 0.6 is 11.6 Å². The molecule has 3 rings (SSSR count). The fourth-order valence-corrected chi connectivity index (χ4v) is 2.77. The molecule has 0 spiro atoms. The molecule has 1 aliphatic rings. The van der Waals surface area contributed by atoms with E-state index < -0.39 is 5.41 Å². The van der Waals surface area contributed by atoms with Crippen molar-refractivity contribution in [3.8, 4) is 11.5 Å². The third kappa shape index (κ3) is 1.39. The lowest BCUT2D eigenvalue weighted by Crippen LogP contribution is -2.34. The normalized spacial score (nSPS) is 15.2. The molecule has 18 heavy (non-hydrogen) atoms. The maximum atomic E-state index is 11.7. The highest BCUT2D eigenvalue weighted by molar-refractivity contribution is 6.20. The fraction of sp³-hybridized carbons (Fsp3) is 0.133. The third-order valence-corrected chi connectivity index (χ3v) is 3.79. The van der Waals surface area contributed by atoms with Crippen LogP contribution in [0.5, 0.6) is 11.5 Å². The first-order chi connectivity index (χ1) is 8.81. The van der Waals surface area contributed by atoms with Gasteiger partial charge in [0.25, 0.3) is 0 Å². The van der Waals surface area contributed by atoms with Gasteiger partial charge >= 0.3 is 0 Å². The van der Waals surface area contributed by atoms with E-state index >= 15 is 0 Å². The van der Waals surface area contributed by atoms with Crippen molar-refractivity contribution in [2.75, 3.05) is 5.88 Å². The van der Waals surface area contributed by atoms with Gasteiger partial charge in [-0.3, -0.25) is 0 Å². The minimum absolute atomic E-state index is 0.202. The van der Waals surface area contributed by atoms with Crippen molar-refractivity contribution in [3.05, 3.63) is 59.7 Å². The lowest BCUT2D eigenvalue weighted by Gasteiger charge is -2.34. The van der Waals surface area contributed by atoms with Crippen LogP contribution in [0.15, 0.2) is 48.5 Å². The Morgan fingerprint density at radius 2 is 1.50 bits per heavy atom. The van der Waals surface area contributed by atoms with Crippen LogP contribution in [-0.2, 0) is 10.2 Å². The number of carbonyl (C=O) groups is 1. The van der Waals surface area contributed by atoms with Crippen molar-refractivity contribution in [2.24, 2.45) is 0 Å². The SMILES string of the molecule is O=CC1(CCl)c2ccccc2Oc2ccccc21. The zero-order valence-corrected chi connectivity index (χ0v) is 10.4. The van der Waals surface area contributed by atoms with Crippen LogP contribution in [-0.4, -0.2) is 12.2 Å². The Hall–Kier alpha value is -1.80. The molecule has 0 unspecified atom stereocenters. The Bertz CT molecular complexity index is 561. The molecule has 1 heterocycles. The topological polar surface area (TPSA) is 26.3 Å². The zero-order chi connectivity index (χ0) is 12.6. The van der Waals surface area contributed by atoms with Gasteiger partial charge in [0.1, 0.15) is 17.8 Å². The highest BCUT2D eigenvalue weighted by Crippen LogP contribution is 2.47. The summed E-state index contributed by atoms with van der Waals surface area (Å²) in [6.07, 6.45) is 0.917. The van der Waals surface area contributed by atoms with Gasteiger partial charge in [-0.2, -0.15) is 0 Å². The molecule has 0 radical (unpaired) electrons. The summed E-state index contributed by atoms with van der Waals surface area (Å²) in [5, 5.41) is 0. The number of aldehydes is 1. The standard InChI is InChI=1S/C15H11ClO2/c16-9-15(10-17)11-5-1-3-7-13(11)18-14-8-4-2-6-12(14)15/h1-8,10H,9H2. The zero-order valence-electron chi connectivity index (χ0n) is 9.60. The molecule has 0 aromatic heterocycles. The average Bonchev–Trinajstić information content (AvgIpc) is 2.45. The van der Waals surface area contributed by atoms with Crippen LogP contribution in [0.4, 0.5) is 0 Å². The van der Waals surface area contributed by atoms with E-state index in [0.29, 0.717) is 11.5 Å². The average molecular weight is 259 g/mol. The molecule has 2 aromatic rings. The van der Waals surface area contributed by atoms with Crippen LogP contribution in [0, 0.1) is 0 Å². The quantitative estimate of drug-likeness (QED) is 0.609. The van der Waals surface area contributed by atoms with Gasteiger partial charge in [-0.15, -0.1) is 11.6 Å². The largest absolute Gasteiger partial charge is 0.457 e. The van der Waals surface area contributed by atoms with Crippen molar-refractivity contribution in [3.63, 3.8) is 0 Å². The van der Waals surface area contributed by atoms with Gasteiger partial charge in [-0.05, 0) is 12.1 Å². The second kappa shape index (κ2) is 4.14. The Morgan fingerprint density at radius 1 is 1.00 bits per heavy atom. The summed E-state index contributed by atoms with van der Waals surface area (Å²) in [6, 6.07) is 15.0. The molecule has 0 N–H and O–H groups in total. The maximum absolute atomic E-state index is 11.7. The number of ether oxygens (including phenoxy) is 1. The van der Waals surface area contributed by atoms with E-state index in [1.165, 1.54) is 0 Å². The molecule has 90 valence electrons. The highest BCUT2D eigenvalue weighted by atomic mass is 35.5. The molecular weight excluding hydrogens is 248 g/mol. The van der Waals surface area contributed by atoms with Crippen molar-refractivity contribution in [1.29, 1.82) is 0 Å². The van der Waals surface area contributed by atoms with E-state index in [2.05, 4.69) is 0 Å². The summed E-state index contributed by atoms with van der Waals surface area (Å²) in [5.74, 6) is 1.60. The Morgan fingerprint density at radius 3 is 1.94 bits per heavy atom. The van der Waals surface area contributed by atoms with Gasteiger partial charge in [0.15, 0.2) is 0 Å². The first-order valence-corrected chi connectivity index (χ1v) is 6.24. The van der Waals surface area contributed by atoms with Gasteiger partial charge < -0.3 is 9.53 Å². The molecule has 0 aliphatic carbocycles. The number of hydrogen-bond acceptors (Lipinski definition) is 2. The number of alkyl halides is 1. The number of halogens is 1. The molecule has 0 bridgehead atoms. The van der Waals surface area contributed by atoms with E-state index in [4.69, 9.17) is 16.3 Å². The molecule has 0 fully saturated rings. The summed E-state index contributed by atoms with van der Waals surface area (Å²) in [5.41, 5.74) is 0.842. The smallest absolute Gasteiger partial charge is 0.136 e. The van der Waals surface area contributed by atoms with Gasteiger partial charge in [-0.25, -0.2) is 0 Å². The molecule has 3 heteroatoms. The Kier molecular flexibility index (Phi) is 2.60. The summed E-state index contributed by atoms with van der Waals surface area (Å²) >= 11 is 6.11. The molecule has 0 amide bonds. The summed E-state index contributed by atoms with van der Waals surface area (Å²) in [6.45, 7) is 0. The first kappa shape index (κ1) is 11.3. The second-order valence-corrected chi connectivity index (χ2v) is 4.58. The Balaban J connectivity index is 2.34. The first-order valence-electron chi connectivity index (χ1n) is 5.71. The second-order valence-electron chi connectivity index (χ2n) is 4.32. The fourth-order valence-electron chi connectivity index (χ4n) is 2.41. The highest BCUT2D eigenvalue weighted by Gasteiger charge is 2.41. The number of hydrogen-bond donors (Lipinski definition) is 0. The lowest BCUT2D eigenvalue weighted by molar-refractivity contribution is -0.111. The summed E-state index contributed by atoms with van der Waals surface area (Å²) < 4.78 is 5.82. The van der Waals surface area contributed by atoms with Crippen LogP contribution in [0.1, 0.15) is 11.1 Å². The minimum Gasteiger partial charge on any atom is -0.457 e. The Labute approximate surface area is 110 Å². The van der Waals surface area contributed by atoms with Gasteiger partial charge in [0, 0.05) is 17.0 Å². The van der Waals surface area contributed by atoms with Crippen LogP contribution < -0.4 is 4.74 Å². The maximum Gasteiger partial charge on any atom is 0.136 e. The van der Waals surface area contributed by atoms with Crippen LogP contribution in [0.2, 0.25) is 0 Å². The molecule has 0 atom stereocenters. The van der Waals surface area contributed by atoms with Crippen LogP contribution in [0.3, 0.4) is 0 Å². The van der Waals surface area contributed by atoms with E-state index in [9.17, 15) is 4.79 Å². The van der Waals surface area contributed by atoms with Crippen LogP contribution in [0.25, 0.3) is 0 Å². The van der Waals surface area contributed by atoms with Crippen molar-refractivity contribution >= 4 is 17.9 Å². The van der Waals surface area contributed by atoms with Gasteiger partial charge in [0.05, 0.1) is 5.41 Å². The predicted octanol–water partition coefficient (Wildman–Crippen LogP) is 3.52. The van der Waals surface area contributed by atoms with Gasteiger partial charge in [0.2, 0.25) is 0 Å². The summed E-state index contributed by atoms with van der Waals surface area (Å²) in [4.78, 5) is 11.7. The number of benzene rings is 2. The van der Waals surface area contributed by atoms with E-state index in [0.717, 1.165) is 17.4 Å². The molecule has 0 saturated heterocycles. The monoisotopic (exact) mass is 258 g/mol. The van der Waals surface area contributed by atoms with Crippen molar-refractivity contribution in [2.45, 2.75) is 5.41 Å². The number of fused-ring (bicyclic) bond motifs is 2. The predicted molar refractivity (Wildman–Crippen MR) is 70.5 cm³/mol. The van der Waals surface area contributed by atoms with E-state index in [1.807, 2.05) is 48.5 Å². The minimum atomic E-state index is -0.813. The molecule has 2 nitrogen and oxygen atoms in total. The van der Waals surface area contributed by atoms with Crippen molar-refractivity contribution < 1.29 is 9.53 Å². The third-order valence-electron chi connectivity index (χ3n) is 3.37. The molecule has 0 saturated carbocycles. The van der Waals surface area contributed by atoms with E-state index in [-0.39, 0.29) is 5.88 Å². The molecular formula is C15H11ClO2. The molecule has 1 aliphatic heterocycles. The number of carbonyl (C=O) groups excluding carboxylic acids is 1. The lowest BCUT2D eigenvalue weighted by atomic mass is 9.75.